The Balaban J connectivity index is 0.000000149. The smallest absolute Gasteiger partial charge is 0.165 e. The Morgan fingerprint density at radius 2 is 0.809 bits per heavy atom. The van der Waals surface area contributed by atoms with Crippen molar-refractivity contribution in [1.82, 2.24) is 0 Å². The Labute approximate surface area is 300 Å². The molecule has 0 N–H and O–H groups in total. The van der Waals surface area contributed by atoms with E-state index in [-0.39, 0.29) is 26.2 Å². The molecule has 0 saturated heterocycles. The maximum atomic E-state index is 2.35. The van der Waals surface area contributed by atoms with Crippen LogP contribution in [0.15, 0.2) is 194 Å². The topological polar surface area (TPSA) is 0 Å². The third-order valence-electron chi connectivity index (χ3n) is 8.04. The van der Waals surface area contributed by atoms with Crippen LogP contribution in [0.1, 0.15) is 16.7 Å². The number of hydrogen-bond donors (Lipinski definition) is 0. The van der Waals surface area contributed by atoms with Gasteiger partial charge in [-0.05, 0) is 42.5 Å². The van der Waals surface area contributed by atoms with Crippen molar-refractivity contribution in [3.8, 4) is 0 Å². The molecule has 0 atom stereocenters. The van der Waals surface area contributed by atoms with Crippen LogP contribution in [0, 0.1) is 6.92 Å². The van der Waals surface area contributed by atoms with Gasteiger partial charge in [-0.25, -0.2) is 0 Å². The average Bonchev–Trinajstić information content (AvgIpc) is 3.72. The van der Waals surface area contributed by atoms with Gasteiger partial charge in [0.2, 0.25) is 0 Å². The summed E-state index contributed by atoms with van der Waals surface area (Å²) < 4.78 is 0. The first kappa shape index (κ1) is 34.2. The van der Waals surface area contributed by atoms with Crippen molar-refractivity contribution < 1.29 is 26.2 Å². The van der Waals surface area contributed by atoms with Gasteiger partial charge >= 0.3 is 26.2 Å². The number of rotatable bonds is 6. The van der Waals surface area contributed by atoms with Gasteiger partial charge in [0.25, 0.3) is 0 Å². The molecule has 228 valence electrons. The van der Waals surface area contributed by atoms with Crippen LogP contribution in [0.4, 0.5) is 0 Å². The van der Waals surface area contributed by atoms with Crippen molar-refractivity contribution in [2.75, 3.05) is 0 Å². The minimum Gasteiger partial charge on any atom is -0.165 e. The van der Waals surface area contributed by atoms with Gasteiger partial charge < -0.3 is 0 Å². The van der Waals surface area contributed by atoms with Crippen molar-refractivity contribution in [2.45, 2.75) is 19.8 Å². The van der Waals surface area contributed by atoms with Crippen LogP contribution >= 0.6 is 7.92 Å². The molecular weight excluding hydrogens is 663 g/mol. The SMILES string of the molecule is Cc1cc2ccccc2[cH-]1.[Zr+2].c1ccc(CCc2ccccc2)cc1.c1ccc(P(c2ccccc2)c2cc3ccccc3[cH-]2)cc1. The molecule has 0 radical (unpaired) electrons. The zero-order chi connectivity index (χ0) is 31.4. The van der Waals surface area contributed by atoms with Crippen molar-refractivity contribution in [3.05, 3.63) is 211 Å². The minimum atomic E-state index is -0.493. The molecule has 0 saturated carbocycles. The van der Waals surface area contributed by atoms with Crippen LogP contribution < -0.4 is 15.9 Å². The Bertz CT molecular complexity index is 1900. The second-order valence-electron chi connectivity index (χ2n) is 11.5. The molecule has 0 unspecified atom stereocenters. The zero-order valence-electron chi connectivity index (χ0n) is 26.8. The Morgan fingerprint density at radius 3 is 1.26 bits per heavy atom. The number of benzene rings is 6. The molecule has 0 bridgehead atoms. The van der Waals surface area contributed by atoms with Gasteiger partial charge in [-0.15, -0.1) is 80.9 Å². The van der Waals surface area contributed by atoms with Crippen LogP contribution in [-0.2, 0) is 39.0 Å². The molecule has 0 nitrogen and oxygen atoms in total. The standard InChI is InChI=1S/C21H16P.C14H14.C10H9.Zr/c1-3-11-19(12-4-1)22(20-13-5-2-6-14-20)21-15-17-9-7-8-10-18(17)16-21;1-3-7-13(8-4-1)11-12-14-9-5-2-6-10-14;1-8-6-9-4-2-3-5-10(9)7-8;/h1-16H;1-10H,11-12H2;2-7H,1H3;/q-1;;-1;+2. The van der Waals surface area contributed by atoms with Crippen LogP contribution in [0.3, 0.4) is 0 Å². The summed E-state index contributed by atoms with van der Waals surface area (Å²) in [6, 6.07) is 69.1. The summed E-state index contributed by atoms with van der Waals surface area (Å²) in [7, 11) is -0.493. The van der Waals surface area contributed by atoms with E-state index in [0.29, 0.717) is 0 Å². The molecule has 8 aromatic carbocycles. The number of fused-ring (bicyclic) bond motifs is 2. The van der Waals surface area contributed by atoms with E-state index in [4.69, 9.17) is 0 Å². The number of aryl methyl sites for hydroxylation is 3. The van der Waals surface area contributed by atoms with Crippen LogP contribution in [-0.4, -0.2) is 0 Å². The summed E-state index contributed by atoms with van der Waals surface area (Å²) in [4.78, 5) is 0. The Morgan fingerprint density at radius 1 is 0.426 bits per heavy atom. The molecule has 0 fully saturated rings. The number of hydrogen-bond acceptors (Lipinski definition) is 0. The van der Waals surface area contributed by atoms with E-state index in [9.17, 15) is 0 Å². The molecule has 0 amide bonds. The fraction of sp³-hybridized carbons (Fsp3) is 0.0667. The third-order valence-corrected chi connectivity index (χ3v) is 10.4. The Hall–Kier alpha value is -4.15. The van der Waals surface area contributed by atoms with E-state index in [2.05, 4.69) is 201 Å². The van der Waals surface area contributed by atoms with Crippen molar-refractivity contribution >= 4 is 45.4 Å². The monoisotopic (exact) mass is 700 g/mol. The van der Waals surface area contributed by atoms with E-state index >= 15 is 0 Å². The van der Waals surface area contributed by atoms with E-state index in [1.807, 2.05) is 0 Å². The summed E-state index contributed by atoms with van der Waals surface area (Å²) in [5.41, 5.74) is 4.17. The quantitative estimate of drug-likeness (QED) is 0.120. The van der Waals surface area contributed by atoms with Gasteiger partial charge in [0.1, 0.15) is 0 Å². The van der Waals surface area contributed by atoms with Gasteiger partial charge in [-0.2, -0.15) is 12.1 Å². The first-order chi connectivity index (χ1) is 22.7. The van der Waals surface area contributed by atoms with Crippen LogP contribution in [0.2, 0.25) is 0 Å². The maximum absolute atomic E-state index is 2.35. The van der Waals surface area contributed by atoms with Gasteiger partial charge in [0.05, 0.1) is 0 Å². The summed E-state index contributed by atoms with van der Waals surface area (Å²) in [5, 5.41) is 9.58. The fourth-order valence-corrected chi connectivity index (χ4v) is 8.12. The van der Waals surface area contributed by atoms with E-state index in [1.54, 1.807) is 0 Å². The van der Waals surface area contributed by atoms with Crippen LogP contribution in [0.5, 0.6) is 0 Å². The predicted molar refractivity (Wildman–Crippen MR) is 203 cm³/mol. The second-order valence-corrected chi connectivity index (χ2v) is 13.7. The third kappa shape index (κ3) is 9.68. The molecule has 47 heavy (non-hydrogen) atoms. The summed E-state index contributed by atoms with van der Waals surface area (Å²) in [5.74, 6) is 0. The Kier molecular flexibility index (Phi) is 12.9. The fourth-order valence-electron chi connectivity index (χ4n) is 5.75. The zero-order valence-corrected chi connectivity index (χ0v) is 30.2. The van der Waals surface area contributed by atoms with Gasteiger partial charge in [-0.1, -0.05) is 140 Å². The summed E-state index contributed by atoms with van der Waals surface area (Å²) in [6.07, 6.45) is 2.26. The molecule has 2 heteroatoms. The molecular formula is C45H39PZr. The minimum absolute atomic E-state index is 0. The van der Waals surface area contributed by atoms with Crippen molar-refractivity contribution in [2.24, 2.45) is 0 Å². The molecule has 0 aliphatic heterocycles. The van der Waals surface area contributed by atoms with E-state index in [1.165, 1.54) is 54.1 Å². The normalized spacial score (nSPS) is 10.4. The van der Waals surface area contributed by atoms with Crippen molar-refractivity contribution in [3.63, 3.8) is 0 Å². The van der Waals surface area contributed by atoms with Crippen LogP contribution in [0.25, 0.3) is 21.5 Å². The van der Waals surface area contributed by atoms with Gasteiger partial charge in [0, 0.05) is 0 Å². The van der Waals surface area contributed by atoms with Gasteiger partial charge in [0.15, 0.2) is 0 Å². The molecule has 8 aromatic rings. The summed E-state index contributed by atoms with van der Waals surface area (Å²) in [6.45, 7) is 2.12. The van der Waals surface area contributed by atoms with Crippen molar-refractivity contribution in [1.29, 1.82) is 0 Å². The molecule has 0 aliphatic rings. The molecule has 0 heterocycles. The summed E-state index contributed by atoms with van der Waals surface area (Å²) >= 11 is 0. The molecule has 0 aliphatic carbocycles. The average molecular weight is 702 g/mol. The largest absolute Gasteiger partial charge is 2.00 e. The van der Waals surface area contributed by atoms with E-state index < -0.39 is 7.92 Å². The predicted octanol–water partition coefficient (Wildman–Crippen LogP) is 10.7. The molecule has 8 rings (SSSR count). The first-order valence-corrected chi connectivity index (χ1v) is 17.3. The molecule has 0 spiro atoms. The maximum Gasteiger partial charge on any atom is 2.00 e. The first-order valence-electron chi connectivity index (χ1n) is 16.0. The second kappa shape index (κ2) is 17.7. The molecule has 0 aromatic heterocycles. The van der Waals surface area contributed by atoms with E-state index in [0.717, 1.165) is 12.8 Å². The van der Waals surface area contributed by atoms with Gasteiger partial charge in [-0.3, -0.25) is 0 Å².